The predicted molar refractivity (Wildman–Crippen MR) is 58.7 cm³/mol. The molecule has 80 valence electrons. The first-order chi connectivity index (χ1) is 7.27. The molecule has 0 aromatic heterocycles. The Bertz CT molecular complexity index is 338. The predicted octanol–water partition coefficient (Wildman–Crippen LogP) is 2.08. The van der Waals surface area contributed by atoms with Crippen LogP contribution in [0.3, 0.4) is 0 Å². The monoisotopic (exact) mass is 206 g/mol. The first-order valence-corrected chi connectivity index (χ1v) is 5.22. The summed E-state index contributed by atoms with van der Waals surface area (Å²) >= 11 is 0. The fourth-order valence-corrected chi connectivity index (χ4v) is 1.53. The van der Waals surface area contributed by atoms with Crippen molar-refractivity contribution in [2.75, 3.05) is 11.9 Å². The molecular weight excluding hydrogens is 192 g/mol. The van der Waals surface area contributed by atoms with Crippen LogP contribution in [0.4, 0.5) is 5.69 Å². The fraction of sp³-hybridized carbons (Fsp3) is 0.455. The average Bonchev–Trinajstić information content (AvgIpc) is 2.98. The highest BCUT2D eigenvalue weighted by Gasteiger charge is 2.33. The second kappa shape index (κ2) is 4.29. The molecule has 0 bridgehead atoms. The zero-order chi connectivity index (χ0) is 10.7. The van der Waals surface area contributed by atoms with Crippen LogP contribution in [0.2, 0.25) is 0 Å². The number of nitrogens with zero attached hydrogens (tertiary/aromatic N) is 1. The van der Waals surface area contributed by atoms with Gasteiger partial charge in [0, 0.05) is 30.0 Å². The zero-order valence-corrected chi connectivity index (χ0v) is 8.48. The van der Waals surface area contributed by atoms with Crippen molar-refractivity contribution in [2.24, 2.45) is 0 Å². The Morgan fingerprint density at radius 2 is 2.07 bits per heavy atom. The number of hydrogen-bond acceptors (Lipinski definition) is 3. The third-order valence-electron chi connectivity index (χ3n) is 2.57. The molecule has 1 aliphatic carbocycles. The highest BCUT2D eigenvalue weighted by molar-refractivity contribution is 5.54. The van der Waals surface area contributed by atoms with Crippen LogP contribution in [0.25, 0.3) is 0 Å². The van der Waals surface area contributed by atoms with E-state index in [0.29, 0.717) is 0 Å². The van der Waals surface area contributed by atoms with Crippen LogP contribution in [0.1, 0.15) is 18.4 Å². The van der Waals surface area contributed by atoms with Gasteiger partial charge in [0.2, 0.25) is 6.04 Å². The lowest BCUT2D eigenvalue weighted by Gasteiger charge is -1.94. The van der Waals surface area contributed by atoms with E-state index in [1.165, 1.54) is 17.7 Å². The lowest BCUT2D eigenvalue weighted by molar-refractivity contribution is -0.494. The number of hydrogen-bond donors (Lipinski definition) is 1. The summed E-state index contributed by atoms with van der Waals surface area (Å²) in [5.74, 6) is 0. The van der Waals surface area contributed by atoms with Crippen LogP contribution < -0.4 is 5.32 Å². The second-order valence-electron chi connectivity index (χ2n) is 3.85. The largest absolute Gasteiger partial charge is 0.384 e. The number of nitro groups is 1. The minimum absolute atomic E-state index is 0.176. The molecule has 2 aliphatic rings. The Morgan fingerprint density at radius 3 is 2.60 bits per heavy atom. The minimum Gasteiger partial charge on any atom is -0.384 e. The third-order valence-corrected chi connectivity index (χ3v) is 2.57. The molecule has 0 spiro atoms. The van der Waals surface area contributed by atoms with Crippen LogP contribution in [-0.2, 0) is 6.42 Å². The molecule has 1 N–H and O–H groups in total. The number of rotatable bonds is 1. The maximum atomic E-state index is 9.57. The average molecular weight is 206 g/mol. The Morgan fingerprint density at radius 1 is 1.33 bits per heavy atom. The maximum absolute atomic E-state index is 9.57. The molecule has 1 aromatic rings. The fourth-order valence-electron chi connectivity index (χ4n) is 1.53. The summed E-state index contributed by atoms with van der Waals surface area (Å²) in [6, 6.07) is 8.28. The van der Waals surface area contributed by atoms with Gasteiger partial charge in [-0.2, -0.15) is 0 Å². The van der Waals surface area contributed by atoms with Crippen LogP contribution >= 0.6 is 0 Å². The third kappa shape index (κ3) is 2.68. The van der Waals surface area contributed by atoms with E-state index in [4.69, 9.17) is 0 Å². The Balaban J connectivity index is 0.000000124. The van der Waals surface area contributed by atoms with Crippen molar-refractivity contribution < 1.29 is 4.92 Å². The highest BCUT2D eigenvalue weighted by atomic mass is 16.6. The van der Waals surface area contributed by atoms with Gasteiger partial charge in [0.1, 0.15) is 0 Å². The molecule has 0 atom stereocenters. The van der Waals surface area contributed by atoms with Crippen molar-refractivity contribution in [2.45, 2.75) is 25.3 Å². The normalized spacial score (nSPS) is 17.1. The standard InChI is InChI=1S/C8H9N.C3H5NO2/c1-2-4-8-7(3-1)5-6-9-8;5-4(6)3-1-2-3/h1-4,9H,5-6H2;3H,1-2H2. The van der Waals surface area contributed by atoms with Gasteiger partial charge in [0.15, 0.2) is 0 Å². The Labute approximate surface area is 88.5 Å². The number of para-hydroxylation sites is 1. The van der Waals surface area contributed by atoms with E-state index in [2.05, 4.69) is 29.6 Å². The SMILES string of the molecule is O=[N+]([O-])C1CC1.c1ccc2c(c1)CCN2. The molecule has 0 unspecified atom stereocenters. The first kappa shape index (κ1) is 9.96. The van der Waals surface area contributed by atoms with Gasteiger partial charge in [-0.1, -0.05) is 18.2 Å². The molecule has 3 rings (SSSR count). The summed E-state index contributed by atoms with van der Waals surface area (Å²) < 4.78 is 0. The topological polar surface area (TPSA) is 55.2 Å². The van der Waals surface area contributed by atoms with Gasteiger partial charge in [0.25, 0.3) is 0 Å². The Hall–Kier alpha value is -1.58. The van der Waals surface area contributed by atoms with Crippen molar-refractivity contribution in [3.05, 3.63) is 39.9 Å². The summed E-state index contributed by atoms with van der Waals surface area (Å²) in [6.07, 6.45) is 2.79. The highest BCUT2D eigenvalue weighted by Crippen LogP contribution is 2.21. The molecule has 1 aliphatic heterocycles. The van der Waals surface area contributed by atoms with E-state index in [9.17, 15) is 10.1 Å². The molecule has 0 radical (unpaired) electrons. The van der Waals surface area contributed by atoms with Gasteiger partial charge in [-0.05, 0) is 18.1 Å². The van der Waals surface area contributed by atoms with Gasteiger partial charge < -0.3 is 5.32 Å². The van der Waals surface area contributed by atoms with Crippen molar-refractivity contribution in [1.29, 1.82) is 0 Å². The van der Waals surface area contributed by atoms with E-state index >= 15 is 0 Å². The van der Waals surface area contributed by atoms with Gasteiger partial charge in [-0.25, -0.2) is 0 Å². The molecule has 15 heavy (non-hydrogen) atoms. The second-order valence-corrected chi connectivity index (χ2v) is 3.85. The lowest BCUT2D eigenvalue weighted by atomic mass is 10.2. The van der Waals surface area contributed by atoms with E-state index in [1.807, 2.05) is 0 Å². The smallest absolute Gasteiger partial charge is 0.213 e. The molecule has 1 fully saturated rings. The molecule has 1 heterocycles. The van der Waals surface area contributed by atoms with Crippen molar-refractivity contribution >= 4 is 5.69 Å². The van der Waals surface area contributed by atoms with Gasteiger partial charge in [0.05, 0.1) is 0 Å². The maximum Gasteiger partial charge on any atom is 0.213 e. The van der Waals surface area contributed by atoms with Crippen LogP contribution in [0, 0.1) is 10.1 Å². The number of anilines is 1. The molecule has 4 heteroatoms. The molecule has 1 aromatic carbocycles. The Kier molecular flexibility index (Phi) is 2.85. The summed E-state index contributed by atoms with van der Waals surface area (Å²) in [4.78, 5) is 9.34. The first-order valence-electron chi connectivity index (χ1n) is 5.22. The van der Waals surface area contributed by atoms with E-state index in [1.54, 1.807) is 0 Å². The van der Waals surface area contributed by atoms with Gasteiger partial charge in [-0.15, -0.1) is 0 Å². The molecule has 0 amide bonds. The molecule has 0 saturated heterocycles. The van der Waals surface area contributed by atoms with Crippen LogP contribution in [0.5, 0.6) is 0 Å². The van der Waals surface area contributed by atoms with E-state index in [0.717, 1.165) is 19.4 Å². The van der Waals surface area contributed by atoms with Gasteiger partial charge >= 0.3 is 0 Å². The van der Waals surface area contributed by atoms with Crippen molar-refractivity contribution in [1.82, 2.24) is 0 Å². The van der Waals surface area contributed by atoms with E-state index < -0.39 is 0 Å². The summed E-state index contributed by atoms with van der Waals surface area (Å²) in [5.41, 5.74) is 2.77. The summed E-state index contributed by atoms with van der Waals surface area (Å²) in [6.45, 7) is 1.11. The number of fused-ring (bicyclic) bond motifs is 1. The summed E-state index contributed by atoms with van der Waals surface area (Å²) in [7, 11) is 0. The lowest BCUT2D eigenvalue weighted by Crippen LogP contribution is -1.97. The molecular formula is C11H14N2O2. The number of benzene rings is 1. The molecule has 1 saturated carbocycles. The van der Waals surface area contributed by atoms with Crippen LogP contribution in [0.15, 0.2) is 24.3 Å². The molecule has 4 nitrogen and oxygen atoms in total. The summed E-state index contributed by atoms with van der Waals surface area (Å²) in [5, 5.41) is 12.9. The van der Waals surface area contributed by atoms with Gasteiger partial charge in [-0.3, -0.25) is 10.1 Å². The van der Waals surface area contributed by atoms with Crippen molar-refractivity contribution in [3.63, 3.8) is 0 Å². The zero-order valence-electron chi connectivity index (χ0n) is 8.48. The van der Waals surface area contributed by atoms with E-state index in [-0.39, 0.29) is 11.0 Å². The number of nitrogens with one attached hydrogen (secondary N) is 1. The quantitative estimate of drug-likeness (QED) is 0.565. The minimum atomic E-state index is -0.222. The van der Waals surface area contributed by atoms with Crippen molar-refractivity contribution in [3.8, 4) is 0 Å². The van der Waals surface area contributed by atoms with Crippen LogP contribution in [-0.4, -0.2) is 17.5 Å².